The quantitative estimate of drug-likeness (QED) is 0.448. The van der Waals surface area contributed by atoms with Gasteiger partial charge in [0, 0.05) is 13.1 Å². The summed E-state index contributed by atoms with van der Waals surface area (Å²) in [4.78, 5) is 15.6. The van der Waals surface area contributed by atoms with E-state index in [1.807, 2.05) is 0 Å². The number of aliphatic hydroxyl groups is 1. The van der Waals surface area contributed by atoms with Crippen molar-refractivity contribution in [3.8, 4) is 0 Å². The Balaban J connectivity index is 2.80. The summed E-state index contributed by atoms with van der Waals surface area (Å²) in [6, 6.07) is 0. The number of nitrogens with zero attached hydrogens (tertiary/aromatic N) is 3. The van der Waals surface area contributed by atoms with Gasteiger partial charge in [0.25, 0.3) is 0 Å². The van der Waals surface area contributed by atoms with E-state index in [1.165, 1.54) is 6.20 Å². The monoisotopic (exact) mass is 229 g/mol. The molecule has 15 heavy (non-hydrogen) atoms. The molecule has 0 aliphatic carbocycles. The Morgan fingerprint density at radius 3 is 3.00 bits per heavy atom. The van der Waals surface area contributed by atoms with Crippen LogP contribution < -0.4 is 4.90 Å². The molecule has 0 saturated heterocycles. The molecule has 6 nitrogen and oxygen atoms in total. The first kappa shape index (κ1) is 11.6. The number of hydrogen-bond donors (Lipinski definition) is 1. The molecule has 82 valence electrons. The Morgan fingerprint density at radius 1 is 1.80 bits per heavy atom. The molecule has 0 unspecified atom stereocenters. The third kappa shape index (κ3) is 3.00. The third-order valence-electron chi connectivity index (χ3n) is 1.65. The van der Waals surface area contributed by atoms with E-state index in [-0.39, 0.29) is 11.6 Å². The van der Waals surface area contributed by atoms with Crippen molar-refractivity contribution in [2.45, 2.75) is 0 Å². The summed E-state index contributed by atoms with van der Waals surface area (Å²) in [5.74, 6) is 0. The van der Waals surface area contributed by atoms with Gasteiger partial charge >= 0.3 is 5.00 Å². The predicted octanol–water partition coefficient (Wildman–Crippen LogP) is 1.04. The highest BCUT2D eigenvalue weighted by Crippen LogP contribution is 2.27. The summed E-state index contributed by atoms with van der Waals surface area (Å²) in [7, 11) is 0. The molecule has 0 aliphatic heterocycles. The first-order valence-electron chi connectivity index (χ1n) is 4.26. The topological polar surface area (TPSA) is 79.5 Å². The molecular formula is C8H11N3O3S. The summed E-state index contributed by atoms with van der Waals surface area (Å²) in [6.07, 6.45) is 2.87. The molecule has 1 rings (SSSR count). The van der Waals surface area contributed by atoms with E-state index in [4.69, 9.17) is 5.11 Å². The fourth-order valence-electron chi connectivity index (χ4n) is 1.03. The Bertz CT molecular complexity index is 353. The van der Waals surface area contributed by atoms with Crippen LogP contribution >= 0.6 is 11.3 Å². The molecule has 1 heterocycles. The van der Waals surface area contributed by atoms with Crippen molar-refractivity contribution in [2.75, 3.05) is 24.6 Å². The van der Waals surface area contributed by atoms with Gasteiger partial charge in [0.05, 0.1) is 11.5 Å². The lowest BCUT2D eigenvalue weighted by molar-refractivity contribution is -0.380. The van der Waals surface area contributed by atoms with Gasteiger partial charge in [-0.1, -0.05) is 6.08 Å². The minimum Gasteiger partial charge on any atom is -0.395 e. The van der Waals surface area contributed by atoms with Crippen LogP contribution in [-0.2, 0) is 0 Å². The molecule has 1 aromatic rings. The molecule has 1 N–H and O–H groups in total. The van der Waals surface area contributed by atoms with Crippen molar-refractivity contribution >= 4 is 21.5 Å². The highest BCUT2D eigenvalue weighted by molar-refractivity contribution is 7.18. The predicted molar refractivity (Wildman–Crippen MR) is 58.3 cm³/mol. The molecule has 0 aliphatic rings. The second-order valence-electron chi connectivity index (χ2n) is 2.70. The number of hydrogen-bond acceptors (Lipinski definition) is 6. The lowest BCUT2D eigenvalue weighted by atomic mass is 10.5. The molecule has 1 aromatic heterocycles. The van der Waals surface area contributed by atoms with Crippen molar-refractivity contribution in [3.05, 3.63) is 29.0 Å². The molecular weight excluding hydrogens is 218 g/mol. The van der Waals surface area contributed by atoms with Crippen LogP contribution in [0.3, 0.4) is 0 Å². The maximum absolute atomic E-state index is 10.4. The van der Waals surface area contributed by atoms with Gasteiger partial charge in [-0.3, -0.25) is 10.1 Å². The molecule has 0 aromatic carbocycles. The van der Waals surface area contributed by atoms with E-state index < -0.39 is 4.92 Å². The van der Waals surface area contributed by atoms with Gasteiger partial charge in [-0.25, -0.2) is 4.98 Å². The lowest BCUT2D eigenvalue weighted by Crippen LogP contribution is -2.26. The van der Waals surface area contributed by atoms with Crippen LogP contribution in [0, 0.1) is 10.1 Å². The smallest absolute Gasteiger partial charge is 0.345 e. The van der Waals surface area contributed by atoms with Gasteiger partial charge in [-0.2, -0.15) is 0 Å². The number of aromatic nitrogens is 1. The Hall–Kier alpha value is -1.47. The lowest BCUT2D eigenvalue weighted by Gasteiger charge is -2.17. The van der Waals surface area contributed by atoms with Gasteiger partial charge in [-0.15, -0.1) is 6.58 Å². The van der Waals surface area contributed by atoms with E-state index in [0.717, 1.165) is 11.3 Å². The van der Waals surface area contributed by atoms with Crippen LogP contribution in [0.15, 0.2) is 18.9 Å². The second-order valence-corrected chi connectivity index (χ2v) is 3.68. The minimum absolute atomic E-state index is 0.00278. The van der Waals surface area contributed by atoms with Crippen LogP contribution in [0.25, 0.3) is 0 Å². The van der Waals surface area contributed by atoms with E-state index >= 15 is 0 Å². The summed E-state index contributed by atoms with van der Waals surface area (Å²) in [5, 5.41) is 19.8. The number of aliphatic hydroxyl groups excluding tert-OH is 1. The van der Waals surface area contributed by atoms with Crippen molar-refractivity contribution in [1.29, 1.82) is 0 Å². The maximum atomic E-state index is 10.4. The zero-order chi connectivity index (χ0) is 11.3. The van der Waals surface area contributed by atoms with E-state index in [9.17, 15) is 10.1 Å². The molecule has 0 spiro atoms. The fraction of sp³-hybridized carbons (Fsp3) is 0.375. The SMILES string of the molecule is C=CCN(CCO)c1ncc([N+](=O)[O-])s1. The molecule has 0 bridgehead atoms. The first-order valence-corrected chi connectivity index (χ1v) is 5.07. The minimum atomic E-state index is -0.480. The normalized spacial score (nSPS) is 9.93. The van der Waals surface area contributed by atoms with Crippen LogP contribution in [0.1, 0.15) is 0 Å². The number of nitro groups is 1. The summed E-state index contributed by atoms with van der Waals surface area (Å²) in [5.41, 5.74) is 0. The van der Waals surface area contributed by atoms with E-state index in [0.29, 0.717) is 18.2 Å². The summed E-state index contributed by atoms with van der Waals surface area (Å²) < 4.78 is 0. The average molecular weight is 229 g/mol. The van der Waals surface area contributed by atoms with Crippen LogP contribution in [0.5, 0.6) is 0 Å². The maximum Gasteiger partial charge on any atom is 0.345 e. The van der Waals surface area contributed by atoms with Gasteiger partial charge in [0.2, 0.25) is 0 Å². The molecule has 0 saturated carbocycles. The zero-order valence-electron chi connectivity index (χ0n) is 8.00. The molecule has 0 radical (unpaired) electrons. The van der Waals surface area contributed by atoms with Gasteiger partial charge in [0.15, 0.2) is 5.13 Å². The van der Waals surface area contributed by atoms with Crippen molar-refractivity contribution in [3.63, 3.8) is 0 Å². The number of thiazole rings is 1. The van der Waals surface area contributed by atoms with Crippen molar-refractivity contribution < 1.29 is 10.0 Å². The zero-order valence-corrected chi connectivity index (χ0v) is 8.81. The largest absolute Gasteiger partial charge is 0.395 e. The van der Waals surface area contributed by atoms with Crippen molar-refractivity contribution in [1.82, 2.24) is 4.98 Å². The highest BCUT2D eigenvalue weighted by atomic mass is 32.1. The standard InChI is InChI=1S/C8H11N3O3S/c1-2-3-10(4-5-12)8-9-6-7(15-8)11(13)14/h2,6,12H,1,3-5H2. The van der Waals surface area contributed by atoms with Crippen LogP contribution in [0.4, 0.5) is 10.1 Å². The van der Waals surface area contributed by atoms with Gasteiger partial charge in [0.1, 0.15) is 6.20 Å². The van der Waals surface area contributed by atoms with Gasteiger partial charge in [-0.05, 0) is 11.3 Å². The molecule has 0 atom stereocenters. The molecule has 0 fully saturated rings. The second kappa shape index (κ2) is 5.42. The Morgan fingerprint density at radius 2 is 2.53 bits per heavy atom. The number of anilines is 1. The van der Waals surface area contributed by atoms with Crippen LogP contribution in [0.2, 0.25) is 0 Å². The summed E-state index contributed by atoms with van der Waals surface area (Å²) in [6.45, 7) is 4.43. The number of rotatable bonds is 6. The van der Waals surface area contributed by atoms with Gasteiger partial charge < -0.3 is 10.0 Å². The Kier molecular flexibility index (Phi) is 4.19. The summed E-state index contributed by atoms with van der Waals surface area (Å²) >= 11 is 0.986. The average Bonchev–Trinajstić information content (AvgIpc) is 2.66. The van der Waals surface area contributed by atoms with Crippen LogP contribution in [-0.4, -0.2) is 34.7 Å². The van der Waals surface area contributed by atoms with E-state index in [2.05, 4.69) is 11.6 Å². The third-order valence-corrected chi connectivity index (χ3v) is 2.66. The molecule has 7 heteroatoms. The van der Waals surface area contributed by atoms with Crippen molar-refractivity contribution in [2.24, 2.45) is 0 Å². The van der Waals surface area contributed by atoms with E-state index in [1.54, 1.807) is 11.0 Å². The first-order chi connectivity index (χ1) is 7.19. The highest BCUT2D eigenvalue weighted by Gasteiger charge is 2.15. The fourth-order valence-corrected chi connectivity index (χ4v) is 1.80. The molecule has 0 amide bonds. The Labute approximate surface area is 90.6 Å².